The van der Waals surface area contributed by atoms with Crippen LogP contribution in [0.2, 0.25) is 0 Å². The number of aliphatic hydroxyl groups is 1. The van der Waals surface area contributed by atoms with Gasteiger partial charge in [0.25, 0.3) is 11.5 Å². The van der Waals surface area contributed by atoms with Crippen molar-refractivity contribution in [1.29, 1.82) is 0 Å². The third-order valence-corrected chi connectivity index (χ3v) is 5.49. The molecule has 0 saturated carbocycles. The van der Waals surface area contributed by atoms with Crippen LogP contribution in [0.5, 0.6) is 0 Å². The van der Waals surface area contributed by atoms with E-state index < -0.39 is 17.1 Å². The van der Waals surface area contributed by atoms with E-state index in [4.69, 9.17) is 0 Å². The minimum Gasteiger partial charge on any atom is -0.386 e. The quantitative estimate of drug-likeness (QED) is 0.626. The number of aryl methyl sites for hydroxylation is 1. The summed E-state index contributed by atoms with van der Waals surface area (Å²) in [4.78, 5) is 44.2. The van der Waals surface area contributed by atoms with Gasteiger partial charge < -0.3 is 15.3 Å². The van der Waals surface area contributed by atoms with E-state index in [-0.39, 0.29) is 49.1 Å². The molecule has 32 heavy (non-hydrogen) atoms. The van der Waals surface area contributed by atoms with Crippen molar-refractivity contribution in [1.82, 2.24) is 19.8 Å². The molecule has 8 nitrogen and oxygen atoms in total. The molecule has 3 aromatic rings. The summed E-state index contributed by atoms with van der Waals surface area (Å²) < 4.78 is 14.9. The summed E-state index contributed by atoms with van der Waals surface area (Å²) in [5.74, 6) is -1.35. The second-order valence-electron chi connectivity index (χ2n) is 8.38. The van der Waals surface area contributed by atoms with Crippen LogP contribution in [-0.2, 0) is 17.9 Å². The van der Waals surface area contributed by atoms with Crippen molar-refractivity contribution in [2.75, 3.05) is 13.1 Å². The summed E-state index contributed by atoms with van der Waals surface area (Å²) in [7, 11) is 0. The second kappa shape index (κ2) is 8.16. The fourth-order valence-electron chi connectivity index (χ4n) is 3.73. The second-order valence-corrected chi connectivity index (χ2v) is 8.38. The number of rotatable bonds is 5. The molecule has 0 unspecified atom stereocenters. The van der Waals surface area contributed by atoms with Crippen molar-refractivity contribution in [3.63, 3.8) is 0 Å². The molecule has 3 heterocycles. The van der Waals surface area contributed by atoms with Gasteiger partial charge in [-0.05, 0) is 49.2 Å². The molecule has 1 aliphatic heterocycles. The van der Waals surface area contributed by atoms with Gasteiger partial charge in [-0.2, -0.15) is 0 Å². The van der Waals surface area contributed by atoms with E-state index >= 15 is 0 Å². The summed E-state index contributed by atoms with van der Waals surface area (Å²) in [6.07, 6.45) is 1.50. The molecule has 0 atom stereocenters. The number of nitrogens with zero attached hydrogens (tertiary/aromatic N) is 3. The summed E-state index contributed by atoms with van der Waals surface area (Å²) in [5, 5.41) is 13.0. The summed E-state index contributed by atoms with van der Waals surface area (Å²) in [6, 6.07) is 9.45. The van der Waals surface area contributed by atoms with Crippen LogP contribution in [0.1, 0.15) is 28.4 Å². The number of benzene rings is 1. The fraction of sp³-hybridized carbons (Fsp3) is 0.304. The van der Waals surface area contributed by atoms with E-state index in [1.54, 1.807) is 38.1 Å². The van der Waals surface area contributed by atoms with Gasteiger partial charge in [-0.25, -0.2) is 9.37 Å². The van der Waals surface area contributed by atoms with E-state index in [0.717, 1.165) is 0 Å². The molecule has 0 bridgehead atoms. The number of fused-ring (bicyclic) bond motifs is 1. The number of hydrogen-bond donors (Lipinski definition) is 2. The van der Waals surface area contributed by atoms with Gasteiger partial charge in [0, 0.05) is 18.1 Å². The maximum atomic E-state index is 13.8. The third-order valence-electron chi connectivity index (χ3n) is 5.49. The lowest BCUT2D eigenvalue weighted by Gasteiger charge is -2.44. The van der Waals surface area contributed by atoms with Gasteiger partial charge in [-0.15, -0.1) is 0 Å². The predicted octanol–water partition coefficient (Wildman–Crippen LogP) is 1.37. The number of halogens is 1. The molecule has 166 valence electrons. The molecule has 1 aliphatic rings. The zero-order valence-electron chi connectivity index (χ0n) is 17.8. The monoisotopic (exact) mass is 438 g/mol. The Labute approximate surface area is 183 Å². The van der Waals surface area contributed by atoms with Gasteiger partial charge >= 0.3 is 0 Å². The number of aromatic nitrogens is 2. The molecule has 9 heteroatoms. The molecule has 1 fully saturated rings. The zero-order valence-corrected chi connectivity index (χ0v) is 17.8. The lowest BCUT2D eigenvalue weighted by Crippen LogP contribution is -2.62. The normalized spacial score (nSPS) is 14.8. The molecular weight excluding hydrogens is 415 g/mol. The highest BCUT2D eigenvalue weighted by molar-refractivity contribution is 5.97. The highest BCUT2D eigenvalue weighted by Crippen LogP contribution is 2.20. The van der Waals surface area contributed by atoms with Crippen LogP contribution in [-0.4, -0.2) is 50.1 Å². The van der Waals surface area contributed by atoms with E-state index in [1.165, 1.54) is 27.8 Å². The van der Waals surface area contributed by atoms with Crippen LogP contribution >= 0.6 is 0 Å². The lowest BCUT2D eigenvalue weighted by atomic mass is 9.97. The van der Waals surface area contributed by atoms with Gasteiger partial charge in [0.2, 0.25) is 5.91 Å². The number of hydrogen-bond acceptors (Lipinski definition) is 5. The average molecular weight is 438 g/mol. The highest BCUT2D eigenvalue weighted by atomic mass is 19.1. The van der Waals surface area contributed by atoms with Gasteiger partial charge in [-0.3, -0.25) is 19.0 Å². The van der Waals surface area contributed by atoms with Gasteiger partial charge in [-0.1, -0.05) is 12.1 Å². The Balaban J connectivity index is 1.61. The molecule has 4 rings (SSSR count). The summed E-state index contributed by atoms with van der Waals surface area (Å²) in [5.41, 5.74) is -0.373. The Morgan fingerprint density at radius 3 is 2.69 bits per heavy atom. The Bertz CT molecular complexity index is 1280. The number of likely N-dealkylation sites (tertiary alicyclic amines) is 1. The number of β-amino-alcohol motifs (C(OH)–C–C–N with tert-alkyl or cyclic N) is 1. The minimum absolute atomic E-state index is 0.0440. The maximum Gasteiger partial charge on any atom is 0.265 e. The Kier molecular flexibility index (Phi) is 5.52. The minimum atomic E-state index is -0.932. The Morgan fingerprint density at radius 1 is 1.25 bits per heavy atom. The smallest absolute Gasteiger partial charge is 0.265 e. The van der Waals surface area contributed by atoms with E-state index in [9.17, 15) is 23.9 Å². The first-order valence-electron chi connectivity index (χ1n) is 10.2. The first-order chi connectivity index (χ1) is 15.1. The molecule has 1 aromatic carbocycles. The number of pyridine rings is 2. The van der Waals surface area contributed by atoms with Crippen LogP contribution in [0.3, 0.4) is 0 Å². The number of amides is 2. The van der Waals surface area contributed by atoms with E-state index in [0.29, 0.717) is 16.5 Å². The zero-order chi connectivity index (χ0) is 23.0. The molecular formula is C23H23FN4O4. The molecule has 1 saturated heterocycles. The van der Waals surface area contributed by atoms with E-state index in [1.807, 2.05) is 0 Å². The molecule has 0 spiro atoms. The first kappa shape index (κ1) is 21.6. The van der Waals surface area contributed by atoms with Crippen molar-refractivity contribution >= 4 is 22.8 Å². The first-order valence-corrected chi connectivity index (χ1v) is 10.2. The standard InChI is InChI=1S/C23H23FN4O4/c1-14-5-6-15(8-18(14)24)10-26-21(30)17-9-16-4-3-7-25-20(16)28(22(17)31)11-19(29)27-12-23(2,32)13-27/h3-9,32H,10-13H2,1-2H3,(H,26,30). The summed E-state index contributed by atoms with van der Waals surface area (Å²) in [6.45, 7) is 3.38. The maximum absolute atomic E-state index is 13.8. The van der Waals surface area contributed by atoms with Crippen molar-refractivity contribution in [3.8, 4) is 0 Å². The predicted molar refractivity (Wildman–Crippen MR) is 116 cm³/mol. The van der Waals surface area contributed by atoms with Crippen LogP contribution in [0.15, 0.2) is 47.4 Å². The van der Waals surface area contributed by atoms with Crippen LogP contribution in [0.4, 0.5) is 4.39 Å². The van der Waals surface area contributed by atoms with Crippen molar-refractivity contribution < 1.29 is 19.1 Å². The average Bonchev–Trinajstić information content (AvgIpc) is 2.74. The topological polar surface area (TPSA) is 105 Å². The van der Waals surface area contributed by atoms with Crippen LogP contribution < -0.4 is 10.9 Å². The third kappa shape index (κ3) is 4.24. The van der Waals surface area contributed by atoms with Crippen LogP contribution in [0.25, 0.3) is 11.0 Å². The van der Waals surface area contributed by atoms with Crippen molar-refractivity contribution in [2.24, 2.45) is 0 Å². The molecule has 0 aliphatic carbocycles. The Morgan fingerprint density at radius 2 is 2.00 bits per heavy atom. The lowest BCUT2D eigenvalue weighted by molar-refractivity contribution is -0.152. The van der Waals surface area contributed by atoms with E-state index in [2.05, 4.69) is 10.3 Å². The molecule has 0 radical (unpaired) electrons. The number of carbonyl (C=O) groups excluding carboxylic acids is 2. The highest BCUT2D eigenvalue weighted by Gasteiger charge is 2.39. The molecule has 2 N–H and O–H groups in total. The molecule has 2 aromatic heterocycles. The largest absolute Gasteiger partial charge is 0.386 e. The van der Waals surface area contributed by atoms with Gasteiger partial charge in [0.05, 0.1) is 18.7 Å². The van der Waals surface area contributed by atoms with Crippen molar-refractivity contribution in [3.05, 3.63) is 75.5 Å². The van der Waals surface area contributed by atoms with Crippen LogP contribution in [0, 0.1) is 12.7 Å². The summed E-state index contributed by atoms with van der Waals surface area (Å²) >= 11 is 0. The number of carbonyl (C=O) groups is 2. The van der Waals surface area contributed by atoms with Gasteiger partial charge in [0.1, 0.15) is 23.6 Å². The number of nitrogens with one attached hydrogen (secondary N) is 1. The van der Waals surface area contributed by atoms with Crippen molar-refractivity contribution in [2.45, 2.75) is 32.5 Å². The SMILES string of the molecule is Cc1ccc(CNC(=O)c2cc3cccnc3n(CC(=O)N3CC(C)(O)C3)c2=O)cc1F. The fourth-order valence-corrected chi connectivity index (χ4v) is 3.73. The Hall–Kier alpha value is -3.59. The molecule has 2 amide bonds. The van der Waals surface area contributed by atoms with Gasteiger partial charge in [0.15, 0.2) is 0 Å².